The van der Waals surface area contributed by atoms with E-state index in [1.165, 1.54) is 42.1 Å². The van der Waals surface area contributed by atoms with E-state index in [2.05, 4.69) is 42.5 Å². The summed E-state index contributed by atoms with van der Waals surface area (Å²) in [6, 6.07) is 6.81. The maximum atomic E-state index is 5.75. The summed E-state index contributed by atoms with van der Waals surface area (Å²) in [6.07, 6.45) is 13.1. The van der Waals surface area contributed by atoms with Crippen LogP contribution in [0.1, 0.15) is 29.7 Å². The van der Waals surface area contributed by atoms with Gasteiger partial charge in [-0.2, -0.15) is 0 Å². The van der Waals surface area contributed by atoms with Gasteiger partial charge in [-0.1, -0.05) is 11.6 Å². The largest absolute Gasteiger partial charge is 0.343 e. The van der Waals surface area contributed by atoms with Crippen LogP contribution in [0.25, 0.3) is 10.9 Å². The Balaban J connectivity index is 0.000000637. The standard InChI is InChI=1S/C15H20N2.C2H2/c1-11-6-7-15-13(10-11)12-4-2-3-5-14(12)17(15)9-8-16;1-2/h6-7,10H,2-5,8-9,16H2,1H3;1-2H. The topological polar surface area (TPSA) is 30.9 Å². The van der Waals surface area contributed by atoms with Gasteiger partial charge < -0.3 is 10.3 Å². The van der Waals surface area contributed by atoms with Crippen molar-refractivity contribution in [3.05, 3.63) is 35.0 Å². The summed E-state index contributed by atoms with van der Waals surface area (Å²) in [7, 11) is 0. The molecular weight excluding hydrogens is 232 g/mol. The van der Waals surface area contributed by atoms with Crippen molar-refractivity contribution >= 4 is 10.9 Å². The number of nitrogens with two attached hydrogens (primary N) is 1. The lowest BCUT2D eigenvalue weighted by Gasteiger charge is -2.15. The first kappa shape index (κ1) is 13.7. The van der Waals surface area contributed by atoms with Gasteiger partial charge >= 0.3 is 0 Å². The van der Waals surface area contributed by atoms with Crippen LogP contribution in [-0.4, -0.2) is 11.1 Å². The first-order valence-electron chi connectivity index (χ1n) is 6.95. The monoisotopic (exact) mass is 254 g/mol. The maximum absolute atomic E-state index is 5.75. The van der Waals surface area contributed by atoms with Crippen LogP contribution >= 0.6 is 0 Å². The van der Waals surface area contributed by atoms with E-state index in [4.69, 9.17) is 5.73 Å². The van der Waals surface area contributed by atoms with Crippen molar-refractivity contribution in [1.82, 2.24) is 4.57 Å². The van der Waals surface area contributed by atoms with Gasteiger partial charge in [0, 0.05) is 29.7 Å². The zero-order valence-corrected chi connectivity index (χ0v) is 11.7. The molecule has 0 radical (unpaired) electrons. The molecule has 1 aliphatic carbocycles. The van der Waals surface area contributed by atoms with Crippen molar-refractivity contribution in [1.29, 1.82) is 0 Å². The van der Waals surface area contributed by atoms with Gasteiger partial charge in [0.2, 0.25) is 0 Å². The number of aromatic nitrogens is 1. The van der Waals surface area contributed by atoms with E-state index in [1.54, 1.807) is 11.3 Å². The zero-order valence-electron chi connectivity index (χ0n) is 11.7. The van der Waals surface area contributed by atoms with Crippen LogP contribution in [0.3, 0.4) is 0 Å². The number of hydrogen-bond donors (Lipinski definition) is 1. The molecule has 0 aliphatic heterocycles. The highest BCUT2D eigenvalue weighted by molar-refractivity contribution is 5.86. The summed E-state index contributed by atoms with van der Waals surface area (Å²) in [5.74, 6) is 0. The molecule has 0 bridgehead atoms. The summed E-state index contributed by atoms with van der Waals surface area (Å²) in [6.45, 7) is 3.86. The number of benzene rings is 1. The van der Waals surface area contributed by atoms with Crippen molar-refractivity contribution in [2.75, 3.05) is 6.54 Å². The minimum atomic E-state index is 0.726. The second kappa shape index (κ2) is 5.95. The highest BCUT2D eigenvalue weighted by atomic mass is 15.0. The van der Waals surface area contributed by atoms with Crippen molar-refractivity contribution in [3.63, 3.8) is 0 Å². The zero-order chi connectivity index (χ0) is 13.8. The van der Waals surface area contributed by atoms with E-state index in [1.807, 2.05) is 0 Å². The van der Waals surface area contributed by atoms with Crippen LogP contribution in [0.4, 0.5) is 0 Å². The molecule has 100 valence electrons. The van der Waals surface area contributed by atoms with E-state index < -0.39 is 0 Å². The van der Waals surface area contributed by atoms with Gasteiger partial charge in [-0.05, 0) is 50.3 Å². The molecule has 1 heterocycles. The van der Waals surface area contributed by atoms with E-state index >= 15 is 0 Å². The SMILES string of the molecule is C#C.Cc1ccc2c(c1)c1c(n2CCN)CCCC1. The molecule has 2 aromatic rings. The van der Waals surface area contributed by atoms with E-state index in [0.29, 0.717) is 0 Å². The van der Waals surface area contributed by atoms with Crippen molar-refractivity contribution < 1.29 is 0 Å². The van der Waals surface area contributed by atoms with Gasteiger partial charge in [0.1, 0.15) is 0 Å². The van der Waals surface area contributed by atoms with Crippen LogP contribution in [0.5, 0.6) is 0 Å². The molecular formula is C17H22N2. The summed E-state index contributed by atoms with van der Waals surface area (Å²) in [4.78, 5) is 0. The Morgan fingerprint density at radius 3 is 2.68 bits per heavy atom. The highest BCUT2D eigenvalue weighted by Gasteiger charge is 2.19. The fraction of sp³-hybridized carbons (Fsp3) is 0.412. The first-order chi connectivity index (χ1) is 9.31. The van der Waals surface area contributed by atoms with E-state index in [-0.39, 0.29) is 0 Å². The van der Waals surface area contributed by atoms with Gasteiger partial charge in [-0.15, -0.1) is 12.8 Å². The third-order valence-corrected chi connectivity index (χ3v) is 3.89. The number of fused-ring (bicyclic) bond motifs is 3. The fourth-order valence-electron chi connectivity index (χ4n) is 3.13. The number of terminal acetylenes is 1. The van der Waals surface area contributed by atoms with E-state index in [0.717, 1.165) is 13.1 Å². The van der Waals surface area contributed by atoms with Crippen LogP contribution in [-0.2, 0) is 19.4 Å². The molecule has 0 atom stereocenters. The number of aryl methyl sites for hydroxylation is 2. The average Bonchev–Trinajstić information content (AvgIpc) is 2.76. The van der Waals surface area contributed by atoms with Gasteiger partial charge in [0.15, 0.2) is 0 Å². The predicted molar refractivity (Wildman–Crippen MR) is 82.3 cm³/mol. The van der Waals surface area contributed by atoms with Crippen LogP contribution in [0, 0.1) is 19.8 Å². The Bertz CT molecular complexity index is 590. The molecule has 3 rings (SSSR count). The molecule has 0 fully saturated rings. The molecule has 2 N–H and O–H groups in total. The average molecular weight is 254 g/mol. The molecule has 1 aromatic carbocycles. The number of rotatable bonds is 2. The second-order valence-electron chi connectivity index (χ2n) is 5.09. The molecule has 0 saturated heterocycles. The lowest BCUT2D eigenvalue weighted by Crippen LogP contribution is -2.14. The quantitative estimate of drug-likeness (QED) is 0.821. The van der Waals surface area contributed by atoms with Crippen molar-refractivity contribution in [2.45, 2.75) is 39.2 Å². The molecule has 0 saturated carbocycles. The van der Waals surface area contributed by atoms with E-state index in [9.17, 15) is 0 Å². The predicted octanol–water partition coefficient (Wildman–Crippen LogP) is 3.04. The van der Waals surface area contributed by atoms with Gasteiger partial charge in [-0.3, -0.25) is 0 Å². The summed E-state index contributed by atoms with van der Waals surface area (Å²) in [5, 5.41) is 1.47. The van der Waals surface area contributed by atoms with Gasteiger partial charge in [0.05, 0.1) is 0 Å². The molecule has 0 spiro atoms. The van der Waals surface area contributed by atoms with Gasteiger partial charge in [0.25, 0.3) is 0 Å². The third-order valence-electron chi connectivity index (χ3n) is 3.89. The first-order valence-corrected chi connectivity index (χ1v) is 6.95. The van der Waals surface area contributed by atoms with Gasteiger partial charge in [-0.25, -0.2) is 0 Å². The fourth-order valence-corrected chi connectivity index (χ4v) is 3.13. The Morgan fingerprint density at radius 2 is 1.95 bits per heavy atom. The van der Waals surface area contributed by atoms with Crippen molar-refractivity contribution in [2.24, 2.45) is 5.73 Å². The Labute approximate surface area is 115 Å². The maximum Gasteiger partial charge on any atom is 0.0486 e. The molecule has 1 aromatic heterocycles. The Kier molecular flexibility index (Phi) is 4.29. The minimum Gasteiger partial charge on any atom is -0.343 e. The van der Waals surface area contributed by atoms with Crippen LogP contribution < -0.4 is 5.73 Å². The lowest BCUT2D eigenvalue weighted by atomic mass is 9.95. The summed E-state index contributed by atoms with van der Waals surface area (Å²) >= 11 is 0. The Morgan fingerprint density at radius 1 is 1.21 bits per heavy atom. The smallest absolute Gasteiger partial charge is 0.0486 e. The lowest BCUT2D eigenvalue weighted by molar-refractivity contribution is 0.617. The molecule has 2 nitrogen and oxygen atoms in total. The molecule has 1 aliphatic rings. The summed E-state index contributed by atoms with van der Waals surface area (Å²) in [5.41, 5.74) is 11.6. The van der Waals surface area contributed by atoms with Crippen LogP contribution in [0.2, 0.25) is 0 Å². The molecule has 0 amide bonds. The molecule has 19 heavy (non-hydrogen) atoms. The van der Waals surface area contributed by atoms with Crippen LogP contribution in [0.15, 0.2) is 18.2 Å². The Hall–Kier alpha value is -1.72. The summed E-state index contributed by atoms with van der Waals surface area (Å²) < 4.78 is 2.45. The molecule has 0 unspecified atom stereocenters. The highest BCUT2D eigenvalue weighted by Crippen LogP contribution is 2.32. The third kappa shape index (κ3) is 2.39. The second-order valence-corrected chi connectivity index (χ2v) is 5.09. The minimum absolute atomic E-state index is 0.726. The molecule has 2 heteroatoms. The van der Waals surface area contributed by atoms with Crippen molar-refractivity contribution in [3.8, 4) is 12.8 Å². The number of nitrogens with zero attached hydrogens (tertiary/aromatic N) is 1. The normalized spacial score (nSPS) is 13.7. The number of hydrogen-bond acceptors (Lipinski definition) is 1.